The summed E-state index contributed by atoms with van der Waals surface area (Å²) in [7, 11) is 1.50. The van der Waals surface area contributed by atoms with Crippen molar-refractivity contribution in [3.63, 3.8) is 0 Å². The van der Waals surface area contributed by atoms with Gasteiger partial charge in [-0.3, -0.25) is 0 Å². The third kappa shape index (κ3) is 15.5. The van der Waals surface area contributed by atoms with Gasteiger partial charge in [0.05, 0.1) is 23.0 Å². The second kappa shape index (κ2) is 18.5. The molecule has 2 rings (SSSR count). The van der Waals surface area contributed by atoms with Gasteiger partial charge in [0.2, 0.25) is 0 Å². The molecule has 0 radical (unpaired) electrons. The van der Waals surface area contributed by atoms with Crippen LogP contribution in [0.3, 0.4) is 0 Å². The summed E-state index contributed by atoms with van der Waals surface area (Å²) in [5.41, 5.74) is -8.52. The van der Waals surface area contributed by atoms with Crippen LogP contribution in [0.1, 0.15) is 51.4 Å². The normalized spacial score (nSPS) is 12.1. The molecule has 2 aromatic carbocycles. The van der Waals surface area contributed by atoms with Crippen molar-refractivity contribution in [2.75, 3.05) is 24.7 Å². The predicted octanol–water partition coefficient (Wildman–Crippen LogP) is 11.4. The van der Waals surface area contributed by atoms with Gasteiger partial charge in [0.25, 0.3) is 0 Å². The Hall–Kier alpha value is -1.26. The molecule has 0 fully saturated rings. The second-order valence-electron chi connectivity index (χ2n) is 8.71. The van der Waals surface area contributed by atoms with E-state index in [1.807, 2.05) is 0 Å². The smallest absolute Gasteiger partial charge is 0.441 e. The Kier molecular flexibility index (Phi) is 16.3. The average Bonchev–Trinajstić information content (AvgIpc) is 2.88. The Labute approximate surface area is 253 Å². The third-order valence-electron chi connectivity index (χ3n) is 5.32. The Morgan fingerprint density at radius 2 is 0.833 bits per heavy atom. The molecule has 42 heavy (non-hydrogen) atoms. The third-order valence-corrected chi connectivity index (χ3v) is 9.35. The van der Waals surface area contributed by atoms with Gasteiger partial charge in [-0.15, -0.1) is 0 Å². The summed E-state index contributed by atoms with van der Waals surface area (Å²) < 4.78 is 140. The van der Waals surface area contributed by atoms with E-state index in [4.69, 9.17) is 9.47 Å². The molecular weight excluding hydrogens is 663 g/mol. The molecule has 0 unspecified atom stereocenters. The molecule has 2 aromatic rings. The van der Waals surface area contributed by atoms with Crippen LogP contribution in [0.2, 0.25) is 0 Å². The molecular formula is C26H28F10O2S4. The van der Waals surface area contributed by atoms with Crippen LogP contribution in [-0.4, -0.2) is 35.7 Å². The highest BCUT2D eigenvalue weighted by Gasteiger charge is 2.27. The molecule has 0 aromatic heterocycles. The van der Waals surface area contributed by atoms with Crippen molar-refractivity contribution < 1.29 is 53.4 Å². The monoisotopic (exact) mass is 690 g/mol. The van der Waals surface area contributed by atoms with Crippen LogP contribution < -0.4 is 9.47 Å². The van der Waals surface area contributed by atoms with Crippen molar-refractivity contribution in [1.82, 2.24) is 0 Å². The van der Waals surface area contributed by atoms with Crippen molar-refractivity contribution in [1.29, 1.82) is 0 Å². The van der Waals surface area contributed by atoms with Gasteiger partial charge in [-0.05, 0) is 47.3 Å². The summed E-state index contributed by atoms with van der Waals surface area (Å²) >= 11 is -0.170. The molecule has 0 atom stereocenters. The SMILES string of the molecule is Fc1cc(F)c(SSc2cc(OCCCCCCSC(F)(F)F)c(F)cc2F)cc1OCCCCCCSC(F)(F)F. The van der Waals surface area contributed by atoms with Crippen molar-refractivity contribution >= 4 is 45.1 Å². The number of hydrogen-bond acceptors (Lipinski definition) is 6. The Morgan fingerprint density at radius 3 is 1.19 bits per heavy atom. The zero-order valence-corrected chi connectivity index (χ0v) is 25.3. The molecule has 0 spiro atoms. The molecule has 0 aliphatic carbocycles. The van der Waals surface area contributed by atoms with Crippen LogP contribution in [0, 0.1) is 23.3 Å². The molecule has 0 saturated carbocycles. The van der Waals surface area contributed by atoms with Crippen LogP contribution in [0.5, 0.6) is 11.5 Å². The molecule has 0 heterocycles. The first-order valence-corrected chi connectivity index (χ1v) is 16.9. The maximum atomic E-state index is 14.4. The van der Waals surface area contributed by atoms with Crippen LogP contribution in [0.25, 0.3) is 0 Å². The maximum absolute atomic E-state index is 14.4. The Bertz CT molecular complexity index is 1010. The zero-order valence-electron chi connectivity index (χ0n) is 22.0. The molecule has 0 aliphatic heterocycles. The number of rotatable bonds is 19. The van der Waals surface area contributed by atoms with Crippen LogP contribution in [0.15, 0.2) is 34.1 Å². The lowest BCUT2D eigenvalue weighted by molar-refractivity contribution is -0.0336. The lowest BCUT2D eigenvalue weighted by Crippen LogP contribution is -2.02. The first kappa shape index (κ1) is 36.9. The molecule has 16 heteroatoms. The van der Waals surface area contributed by atoms with E-state index in [2.05, 4.69) is 0 Å². The zero-order chi connectivity index (χ0) is 31.2. The minimum absolute atomic E-state index is 0.0478. The quantitative estimate of drug-likeness (QED) is 0.0824. The molecule has 0 aliphatic rings. The molecule has 0 N–H and O–H groups in total. The lowest BCUT2D eigenvalue weighted by Gasteiger charge is -2.12. The summed E-state index contributed by atoms with van der Waals surface area (Å²) in [5, 5.41) is 0. The molecule has 0 bridgehead atoms. The number of thioether (sulfide) groups is 2. The first-order chi connectivity index (χ1) is 19.7. The summed E-state index contributed by atoms with van der Waals surface area (Å²) in [6.07, 6.45) is 3.84. The van der Waals surface area contributed by atoms with Crippen LogP contribution in [0.4, 0.5) is 43.9 Å². The largest absolute Gasteiger partial charge is 0.490 e. The lowest BCUT2D eigenvalue weighted by atomic mass is 10.2. The van der Waals surface area contributed by atoms with E-state index < -0.39 is 34.3 Å². The van der Waals surface area contributed by atoms with E-state index in [-0.39, 0.29) is 69.5 Å². The molecule has 0 amide bonds. The van der Waals surface area contributed by atoms with Gasteiger partial charge in [-0.25, -0.2) is 17.6 Å². The van der Waals surface area contributed by atoms with Gasteiger partial charge in [0.1, 0.15) is 11.6 Å². The van der Waals surface area contributed by atoms with Gasteiger partial charge in [0, 0.05) is 35.8 Å². The maximum Gasteiger partial charge on any atom is 0.441 e. The summed E-state index contributed by atoms with van der Waals surface area (Å²) in [6, 6.07) is 3.44. The highest BCUT2D eigenvalue weighted by Crippen LogP contribution is 2.43. The topological polar surface area (TPSA) is 18.5 Å². The predicted molar refractivity (Wildman–Crippen MR) is 149 cm³/mol. The Morgan fingerprint density at radius 1 is 0.476 bits per heavy atom. The highest BCUT2D eigenvalue weighted by atomic mass is 33.1. The van der Waals surface area contributed by atoms with Gasteiger partial charge in [-0.1, -0.05) is 49.2 Å². The van der Waals surface area contributed by atoms with E-state index in [9.17, 15) is 43.9 Å². The van der Waals surface area contributed by atoms with E-state index in [0.29, 0.717) is 63.5 Å². The fourth-order valence-corrected chi connectivity index (χ4v) is 6.55. The highest BCUT2D eigenvalue weighted by molar-refractivity contribution is 8.76. The fourth-order valence-electron chi connectivity index (χ4n) is 3.32. The standard InChI is InChI=1S/C26H28F10O2S4/c27-17-13-19(29)23(15-21(17)37-9-5-1-3-7-11-39-25(31,32)33)41-42-24-16-22(18(28)14-20(24)30)38-10-6-2-4-8-12-40-26(34,35)36/h13-16H,1-12H2. The van der Waals surface area contributed by atoms with E-state index in [1.165, 1.54) is 0 Å². The van der Waals surface area contributed by atoms with Crippen molar-refractivity contribution in [2.24, 2.45) is 0 Å². The number of ether oxygens (including phenoxy) is 2. The average molecular weight is 691 g/mol. The summed E-state index contributed by atoms with van der Waals surface area (Å²) in [5.74, 6) is -4.33. The van der Waals surface area contributed by atoms with E-state index >= 15 is 0 Å². The van der Waals surface area contributed by atoms with Crippen LogP contribution in [-0.2, 0) is 0 Å². The second-order valence-corrected chi connectivity index (χ2v) is 13.2. The first-order valence-electron chi connectivity index (χ1n) is 12.7. The fraction of sp³-hybridized carbons (Fsp3) is 0.538. The van der Waals surface area contributed by atoms with Crippen molar-refractivity contribution in [2.45, 2.75) is 72.2 Å². The van der Waals surface area contributed by atoms with Crippen LogP contribution >= 0.6 is 45.1 Å². The minimum atomic E-state index is -4.26. The molecule has 0 saturated heterocycles. The summed E-state index contributed by atoms with van der Waals surface area (Å²) in [4.78, 5) is -0.147. The van der Waals surface area contributed by atoms with E-state index in [0.717, 1.165) is 33.7 Å². The Balaban J connectivity index is 1.81. The van der Waals surface area contributed by atoms with Gasteiger partial charge < -0.3 is 9.47 Å². The number of benzene rings is 2. The number of alkyl halides is 6. The molecule has 2 nitrogen and oxygen atoms in total. The van der Waals surface area contributed by atoms with Crippen molar-refractivity contribution in [3.8, 4) is 11.5 Å². The van der Waals surface area contributed by atoms with E-state index in [1.54, 1.807) is 0 Å². The van der Waals surface area contributed by atoms with Crippen molar-refractivity contribution in [3.05, 3.63) is 47.5 Å². The molecule has 238 valence electrons. The van der Waals surface area contributed by atoms with Gasteiger partial charge >= 0.3 is 11.0 Å². The number of hydrogen-bond donors (Lipinski definition) is 0. The van der Waals surface area contributed by atoms with Gasteiger partial charge in [0.15, 0.2) is 23.1 Å². The van der Waals surface area contributed by atoms with Gasteiger partial charge in [-0.2, -0.15) is 26.3 Å². The number of halogens is 10. The minimum Gasteiger partial charge on any atom is -0.490 e. The summed E-state index contributed by atoms with van der Waals surface area (Å²) in [6.45, 7) is 0.123. The number of unbranched alkanes of at least 4 members (excludes halogenated alkanes) is 6.